The molecule has 0 spiro atoms. The maximum Gasteiger partial charge on any atom is 0.229 e. The molecule has 0 bridgehead atoms. The summed E-state index contributed by atoms with van der Waals surface area (Å²) in [6, 6.07) is 17.7. The molecule has 0 radical (unpaired) electrons. The molecule has 1 fully saturated rings. The fraction of sp³-hybridized carbons (Fsp3) is 0.333. The Bertz CT molecular complexity index is 758. The van der Waals surface area contributed by atoms with Crippen LogP contribution >= 0.6 is 0 Å². The highest BCUT2D eigenvalue weighted by atomic mass is 16.2. The molecule has 1 aliphatic rings. The van der Waals surface area contributed by atoms with Gasteiger partial charge >= 0.3 is 0 Å². The summed E-state index contributed by atoms with van der Waals surface area (Å²) in [5, 5.41) is 3.01. The molecule has 2 atom stereocenters. The van der Waals surface area contributed by atoms with Crippen molar-refractivity contribution in [3.8, 4) is 0 Å². The molecule has 3 rings (SSSR count). The number of nitrogens with zero attached hydrogens (tertiary/aromatic N) is 1. The second kappa shape index (κ2) is 7.51. The zero-order valence-electron chi connectivity index (χ0n) is 14.7. The van der Waals surface area contributed by atoms with E-state index in [2.05, 4.69) is 12.2 Å². The van der Waals surface area contributed by atoms with Crippen LogP contribution in [0.25, 0.3) is 0 Å². The van der Waals surface area contributed by atoms with Crippen LogP contribution in [0.4, 0.5) is 5.69 Å². The minimum atomic E-state index is -0.302. The van der Waals surface area contributed by atoms with Crippen molar-refractivity contribution in [2.75, 3.05) is 11.9 Å². The maximum absolute atomic E-state index is 12.6. The smallest absolute Gasteiger partial charge is 0.229 e. The second-order valence-electron chi connectivity index (χ2n) is 6.53. The first-order valence-corrected chi connectivity index (χ1v) is 8.83. The molecule has 2 aromatic rings. The van der Waals surface area contributed by atoms with Gasteiger partial charge in [0.25, 0.3) is 0 Å². The van der Waals surface area contributed by atoms with Gasteiger partial charge in [0.05, 0.1) is 12.0 Å². The van der Waals surface area contributed by atoms with Crippen molar-refractivity contribution in [3.63, 3.8) is 0 Å². The zero-order chi connectivity index (χ0) is 17.8. The molecule has 1 saturated heterocycles. The first kappa shape index (κ1) is 17.2. The van der Waals surface area contributed by atoms with E-state index in [4.69, 9.17) is 0 Å². The number of nitrogens with one attached hydrogen (secondary N) is 1. The van der Waals surface area contributed by atoms with Crippen molar-refractivity contribution in [3.05, 3.63) is 65.7 Å². The molecule has 0 unspecified atom stereocenters. The van der Waals surface area contributed by atoms with E-state index in [1.165, 1.54) is 0 Å². The van der Waals surface area contributed by atoms with E-state index >= 15 is 0 Å². The highest BCUT2D eigenvalue weighted by Crippen LogP contribution is 2.29. The van der Waals surface area contributed by atoms with Gasteiger partial charge in [0.2, 0.25) is 11.8 Å². The average Bonchev–Trinajstić information content (AvgIpc) is 3.04. The van der Waals surface area contributed by atoms with Gasteiger partial charge in [0.15, 0.2) is 0 Å². The molecule has 2 aromatic carbocycles. The average molecular weight is 336 g/mol. The van der Waals surface area contributed by atoms with Crippen LogP contribution in [0.3, 0.4) is 0 Å². The van der Waals surface area contributed by atoms with E-state index in [0.29, 0.717) is 6.54 Å². The minimum Gasteiger partial charge on any atom is -0.335 e. The molecule has 0 saturated carbocycles. The maximum atomic E-state index is 12.6. The highest BCUT2D eigenvalue weighted by Gasteiger charge is 2.37. The van der Waals surface area contributed by atoms with Crippen molar-refractivity contribution in [1.29, 1.82) is 0 Å². The summed E-state index contributed by atoms with van der Waals surface area (Å²) in [5.41, 5.74) is 3.04. The number of likely N-dealkylation sites (tertiary alicyclic amines) is 1. The molecule has 1 heterocycles. The van der Waals surface area contributed by atoms with E-state index in [0.717, 1.165) is 23.2 Å². The summed E-state index contributed by atoms with van der Waals surface area (Å²) in [6.07, 6.45) is 1.13. The number of amides is 2. The van der Waals surface area contributed by atoms with Gasteiger partial charge in [0, 0.05) is 18.7 Å². The van der Waals surface area contributed by atoms with Gasteiger partial charge in [-0.15, -0.1) is 0 Å². The number of anilines is 1. The predicted octanol–water partition coefficient (Wildman–Crippen LogP) is 3.80. The van der Waals surface area contributed by atoms with Crippen molar-refractivity contribution < 1.29 is 9.59 Å². The van der Waals surface area contributed by atoms with Gasteiger partial charge in [-0.05, 0) is 30.5 Å². The van der Waals surface area contributed by atoms with E-state index in [-0.39, 0.29) is 30.2 Å². The quantitative estimate of drug-likeness (QED) is 0.903. The fourth-order valence-electron chi connectivity index (χ4n) is 3.38. The van der Waals surface area contributed by atoms with Gasteiger partial charge in [0.1, 0.15) is 0 Å². The lowest BCUT2D eigenvalue weighted by molar-refractivity contribution is -0.129. The van der Waals surface area contributed by atoms with Gasteiger partial charge < -0.3 is 10.2 Å². The van der Waals surface area contributed by atoms with Crippen LogP contribution in [0.2, 0.25) is 0 Å². The summed E-state index contributed by atoms with van der Waals surface area (Å²) in [6.45, 7) is 4.54. The molecule has 4 nitrogen and oxygen atoms in total. The first-order chi connectivity index (χ1) is 12.1. The number of hydrogen-bond acceptors (Lipinski definition) is 2. The largest absolute Gasteiger partial charge is 0.335 e. The number of carbonyl (C=O) groups excluding carboxylic acids is 2. The summed E-state index contributed by atoms with van der Waals surface area (Å²) in [4.78, 5) is 26.9. The molecular formula is C21H24N2O2. The molecule has 130 valence electrons. The standard InChI is InChI=1S/C21H24N2O2/c1-3-16-9-7-8-12-19(16)22-21(25)18-13-20(24)23(14-18)15(2)17-10-5-4-6-11-17/h4-12,15,18H,3,13-14H2,1-2H3,(H,22,25)/t15-,18-/m1/s1. The van der Waals surface area contributed by atoms with Crippen LogP contribution < -0.4 is 5.32 Å². The van der Waals surface area contributed by atoms with E-state index in [9.17, 15) is 9.59 Å². The lowest BCUT2D eigenvalue weighted by atomic mass is 10.1. The van der Waals surface area contributed by atoms with Crippen molar-refractivity contribution in [2.45, 2.75) is 32.7 Å². The van der Waals surface area contributed by atoms with Crippen molar-refractivity contribution >= 4 is 17.5 Å². The zero-order valence-corrected chi connectivity index (χ0v) is 14.7. The summed E-state index contributed by atoms with van der Waals surface area (Å²) in [7, 11) is 0. The Balaban J connectivity index is 1.68. The molecule has 1 N–H and O–H groups in total. The van der Waals surface area contributed by atoms with E-state index in [1.807, 2.05) is 66.4 Å². The first-order valence-electron chi connectivity index (χ1n) is 8.83. The van der Waals surface area contributed by atoms with Crippen LogP contribution in [0.1, 0.15) is 37.4 Å². The SMILES string of the molecule is CCc1ccccc1NC(=O)[C@@H]1CC(=O)N([C@H](C)c2ccccc2)C1. The highest BCUT2D eigenvalue weighted by molar-refractivity contribution is 5.97. The van der Waals surface area contributed by atoms with Gasteiger partial charge in [-0.25, -0.2) is 0 Å². The number of para-hydroxylation sites is 1. The second-order valence-corrected chi connectivity index (χ2v) is 6.53. The number of benzene rings is 2. The van der Waals surface area contributed by atoms with E-state index in [1.54, 1.807) is 0 Å². The molecule has 0 aliphatic carbocycles. The van der Waals surface area contributed by atoms with Crippen LogP contribution in [0, 0.1) is 5.92 Å². The predicted molar refractivity (Wildman–Crippen MR) is 99.1 cm³/mol. The molecule has 25 heavy (non-hydrogen) atoms. The Morgan fingerprint density at radius 1 is 1.16 bits per heavy atom. The van der Waals surface area contributed by atoms with Crippen LogP contribution in [0.15, 0.2) is 54.6 Å². The number of hydrogen-bond donors (Lipinski definition) is 1. The fourth-order valence-corrected chi connectivity index (χ4v) is 3.38. The normalized spacial score (nSPS) is 18.2. The van der Waals surface area contributed by atoms with Gasteiger partial charge in [-0.3, -0.25) is 9.59 Å². The molecule has 4 heteroatoms. The lowest BCUT2D eigenvalue weighted by Crippen LogP contribution is -2.30. The van der Waals surface area contributed by atoms with Crippen LogP contribution in [-0.2, 0) is 16.0 Å². The topological polar surface area (TPSA) is 49.4 Å². The summed E-state index contributed by atoms with van der Waals surface area (Å²) >= 11 is 0. The van der Waals surface area contributed by atoms with Crippen molar-refractivity contribution in [1.82, 2.24) is 4.90 Å². The van der Waals surface area contributed by atoms with Crippen LogP contribution in [-0.4, -0.2) is 23.3 Å². The van der Waals surface area contributed by atoms with Gasteiger partial charge in [-0.2, -0.15) is 0 Å². The summed E-state index contributed by atoms with van der Waals surface area (Å²) in [5.74, 6) is -0.333. The number of aryl methyl sites for hydroxylation is 1. The Kier molecular flexibility index (Phi) is 5.17. The lowest BCUT2D eigenvalue weighted by Gasteiger charge is -2.25. The van der Waals surface area contributed by atoms with Crippen LogP contribution in [0.5, 0.6) is 0 Å². The monoisotopic (exact) mass is 336 g/mol. The number of rotatable bonds is 5. The minimum absolute atomic E-state index is 0.0190. The van der Waals surface area contributed by atoms with Gasteiger partial charge in [-0.1, -0.05) is 55.5 Å². The molecule has 1 aliphatic heterocycles. The number of carbonyl (C=O) groups is 2. The van der Waals surface area contributed by atoms with E-state index < -0.39 is 0 Å². The molecule has 0 aromatic heterocycles. The Morgan fingerprint density at radius 3 is 2.56 bits per heavy atom. The molecular weight excluding hydrogens is 312 g/mol. The Morgan fingerprint density at radius 2 is 1.84 bits per heavy atom. The Hall–Kier alpha value is -2.62. The summed E-state index contributed by atoms with van der Waals surface area (Å²) < 4.78 is 0. The third-order valence-electron chi connectivity index (χ3n) is 4.93. The Labute approximate surface area is 148 Å². The van der Waals surface area contributed by atoms with Crippen molar-refractivity contribution in [2.24, 2.45) is 5.92 Å². The third kappa shape index (κ3) is 3.73. The third-order valence-corrected chi connectivity index (χ3v) is 4.93. The molecule has 2 amide bonds.